The van der Waals surface area contributed by atoms with E-state index in [1.54, 1.807) is 0 Å². The van der Waals surface area contributed by atoms with Crippen LogP contribution in [-0.4, -0.2) is 39.8 Å². The van der Waals surface area contributed by atoms with E-state index < -0.39 is 23.3 Å². The molecule has 7 heteroatoms. The van der Waals surface area contributed by atoms with Crippen LogP contribution in [0.5, 0.6) is 0 Å². The van der Waals surface area contributed by atoms with E-state index in [1.165, 1.54) is 6.42 Å². The number of aliphatic hydroxyl groups is 1. The lowest BCUT2D eigenvalue weighted by Gasteiger charge is -2.26. The Balaban J connectivity index is 4.02. The molecule has 0 spiro atoms. The summed E-state index contributed by atoms with van der Waals surface area (Å²) in [7, 11) is 0. The first-order valence-corrected chi connectivity index (χ1v) is 12.7. The molecular formula is C25H47NO6. The molecule has 1 amide bonds. The number of aliphatic hydroxyl groups excluding tert-OH is 1. The van der Waals surface area contributed by atoms with Crippen LogP contribution in [-0.2, 0) is 14.4 Å². The second kappa shape index (κ2) is 20.0. The van der Waals surface area contributed by atoms with Gasteiger partial charge in [-0.3, -0.25) is 14.4 Å². The van der Waals surface area contributed by atoms with Crippen molar-refractivity contribution in [2.75, 3.05) is 6.61 Å². The van der Waals surface area contributed by atoms with Gasteiger partial charge in [0, 0.05) is 13.0 Å². The van der Waals surface area contributed by atoms with Gasteiger partial charge in [0.2, 0.25) is 5.91 Å². The summed E-state index contributed by atoms with van der Waals surface area (Å²) in [6.45, 7) is 0.265. The highest BCUT2D eigenvalue weighted by Crippen LogP contribution is 2.32. The summed E-state index contributed by atoms with van der Waals surface area (Å²) in [4.78, 5) is 34.4. The van der Waals surface area contributed by atoms with Gasteiger partial charge in [-0.1, -0.05) is 96.3 Å². The van der Waals surface area contributed by atoms with Crippen molar-refractivity contribution in [2.24, 2.45) is 11.1 Å². The van der Waals surface area contributed by atoms with Crippen molar-refractivity contribution in [1.82, 2.24) is 0 Å². The summed E-state index contributed by atoms with van der Waals surface area (Å²) in [5.74, 6) is -2.55. The summed E-state index contributed by atoms with van der Waals surface area (Å²) in [5, 5.41) is 27.1. The number of nitrogens with two attached hydrogens (primary N) is 1. The third-order valence-electron chi connectivity index (χ3n) is 6.39. The van der Waals surface area contributed by atoms with Crippen LogP contribution in [0.3, 0.4) is 0 Å². The summed E-state index contributed by atoms with van der Waals surface area (Å²) in [6.07, 6.45) is 17.4. The zero-order valence-electron chi connectivity index (χ0n) is 20.0. The van der Waals surface area contributed by atoms with E-state index in [0.29, 0.717) is 25.7 Å². The molecule has 0 saturated carbocycles. The molecule has 0 aromatic carbocycles. The maximum absolute atomic E-state index is 12.1. The van der Waals surface area contributed by atoms with Crippen LogP contribution in [0.25, 0.3) is 0 Å². The Morgan fingerprint density at radius 3 is 1.22 bits per heavy atom. The molecule has 0 fully saturated rings. The number of amides is 1. The summed E-state index contributed by atoms with van der Waals surface area (Å²) < 4.78 is 0. The van der Waals surface area contributed by atoms with Gasteiger partial charge in [0.25, 0.3) is 0 Å². The maximum atomic E-state index is 12.1. The van der Waals surface area contributed by atoms with Gasteiger partial charge in [-0.2, -0.15) is 0 Å². The number of unbranched alkanes of at least 4 members (excludes halogenated alkanes) is 15. The Labute approximate surface area is 194 Å². The van der Waals surface area contributed by atoms with Crippen LogP contribution < -0.4 is 5.73 Å². The zero-order valence-corrected chi connectivity index (χ0v) is 20.0. The van der Waals surface area contributed by atoms with Crippen molar-refractivity contribution >= 4 is 17.8 Å². The second-order valence-electron chi connectivity index (χ2n) is 9.13. The molecular weight excluding hydrogens is 410 g/mol. The van der Waals surface area contributed by atoms with Gasteiger partial charge in [-0.25, -0.2) is 0 Å². The molecule has 0 aromatic heterocycles. The van der Waals surface area contributed by atoms with Crippen molar-refractivity contribution in [3.8, 4) is 0 Å². The molecule has 1 unspecified atom stereocenters. The van der Waals surface area contributed by atoms with Crippen LogP contribution in [0.1, 0.15) is 128 Å². The van der Waals surface area contributed by atoms with Crippen LogP contribution in [0.4, 0.5) is 0 Å². The number of carbonyl (C=O) groups excluding carboxylic acids is 1. The van der Waals surface area contributed by atoms with E-state index in [1.807, 2.05) is 0 Å². The molecule has 7 nitrogen and oxygen atoms in total. The fraction of sp³-hybridized carbons (Fsp3) is 0.880. The van der Waals surface area contributed by atoms with Gasteiger partial charge >= 0.3 is 11.9 Å². The molecule has 0 aromatic rings. The minimum absolute atomic E-state index is 0.232. The Morgan fingerprint density at radius 2 is 0.906 bits per heavy atom. The minimum atomic E-state index is -1.44. The van der Waals surface area contributed by atoms with Crippen molar-refractivity contribution in [2.45, 2.75) is 128 Å². The maximum Gasteiger partial charge on any atom is 0.319 e. The minimum Gasteiger partial charge on any atom is -0.481 e. The summed E-state index contributed by atoms with van der Waals surface area (Å²) >= 11 is 0. The van der Waals surface area contributed by atoms with Gasteiger partial charge in [-0.15, -0.1) is 0 Å². The van der Waals surface area contributed by atoms with Gasteiger partial charge < -0.3 is 21.1 Å². The quantitative estimate of drug-likeness (QED) is 0.113. The normalized spacial score (nSPS) is 13.0. The second-order valence-corrected chi connectivity index (χ2v) is 9.13. The van der Waals surface area contributed by atoms with Crippen LogP contribution in [0.15, 0.2) is 0 Å². The number of primary amides is 1. The highest BCUT2D eigenvalue weighted by Gasteiger charge is 2.43. The number of carbonyl (C=O) groups is 3. The van der Waals surface area contributed by atoms with Crippen molar-refractivity contribution in [3.05, 3.63) is 0 Å². The molecule has 0 aliphatic heterocycles. The van der Waals surface area contributed by atoms with Gasteiger partial charge in [0.05, 0.1) is 0 Å². The van der Waals surface area contributed by atoms with E-state index in [4.69, 9.17) is 15.9 Å². The average Bonchev–Trinajstić information content (AvgIpc) is 2.74. The van der Waals surface area contributed by atoms with Crippen LogP contribution >= 0.6 is 0 Å². The molecule has 0 aliphatic rings. The summed E-state index contributed by atoms with van der Waals surface area (Å²) in [6, 6.07) is 0. The lowest BCUT2D eigenvalue weighted by Crippen LogP contribution is -2.44. The van der Waals surface area contributed by atoms with E-state index in [9.17, 15) is 19.5 Å². The average molecular weight is 458 g/mol. The predicted molar refractivity (Wildman–Crippen MR) is 126 cm³/mol. The molecule has 5 N–H and O–H groups in total. The largest absolute Gasteiger partial charge is 0.481 e. The fourth-order valence-corrected chi connectivity index (χ4v) is 4.23. The van der Waals surface area contributed by atoms with Gasteiger partial charge in [0.15, 0.2) is 0 Å². The molecule has 0 heterocycles. The smallest absolute Gasteiger partial charge is 0.319 e. The van der Waals surface area contributed by atoms with Crippen molar-refractivity contribution in [1.29, 1.82) is 0 Å². The number of carboxylic acid groups (broad SMARTS) is 2. The van der Waals surface area contributed by atoms with Crippen molar-refractivity contribution in [3.63, 3.8) is 0 Å². The fourth-order valence-electron chi connectivity index (χ4n) is 4.23. The molecule has 0 saturated heterocycles. The van der Waals surface area contributed by atoms with Gasteiger partial charge in [0.1, 0.15) is 5.41 Å². The number of aliphatic carboxylic acids is 2. The first kappa shape index (κ1) is 30.4. The standard InChI is InChI=1S/C25H47NO6/c26-23(30)25(24(31)32,19-15-11-7-3-1-5-9-13-17-21-27)20-16-12-8-4-2-6-10-14-18-22(28)29/h27H,1-21H2,(H2,26,30)(H,28,29)(H,31,32). The highest BCUT2D eigenvalue weighted by molar-refractivity contribution is 6.01. The number of rotatable bonds is 24. The monoisotopic (exact) mass is 457 g/mol. The molecule has 1 atom stereocenters. The first-order chi connectivity index (χ1) is 15.4. The SMILES string of the molecule is NC(=O)C(CCCCCCCCCCCO)(CCCCCCCCCCC(=O)O)C(=O)O. The van der Waals surface area contributed by atoms with Crippen LogP contribution in [0.2, 0.25) is 0 Å². The third kappa shape index (κ3) is 15.2. The Hall–Kier alpha value is -1.63. The van der Waals surface area contributed by atoms with Gasteiger partial charge in [-0.05, 0) is 25.7 Å². The lowest BCUT2D eigenvalue weighted by atomic mass is 9.77. The predicted octanol–water partition coefficient (Wildman–Crippen LogP) is 5.42. The van der Waals surface area contributed by atoms with Crippen LogP contribution in [0, 0.1) is 5.41 Å². The first-order valence-electron chi connectivity index (χ1n) is 12.7. The van der Waals surface area contributed by atoms with Crippen molar-refractivity contribution < 1.29 is 29.7 Å². The van der Waals surface area contributed by atoms with E-state index >= 15 is 0 Å². The Bertz CT molecular complexity index is 495. The molecule has 0 rings (SSSR count). The molecule has 32 heavy (non-hydrogen) atoms. The third-order valence-corrected chi connectivity index (χ3v) is 6.39. The number of hydrogen-bond acceptors (Lipinski definition) is 4. The van der Waals surface area contributed by atoms with E-state index in [2.05, 4.69) is 0 Å². The molecule has 0 aliphatic carbocycles. The topological polar surface area (TPSA) is 138 Å². The molecule has 0 radical (unpaired) electrons. The zero-order chi connectivity index (χ0) is 24.1. The Kier molecular flexibility index (Phi) is 19.0. The molecule has 0 bridgehead atoms. The van der Waals surface area contributed by atoms with E-state index in [0.717, 1.165) is 89.9 Å². The number of carboxylic acids is 2. The highest BCUT2D eigenvalue weighted by atomic mass is 16.4. The molecule has 188 valence electrons. The summed E-state index contributed by atoms with van der Waals surface area (Å²) in [5.41, 5.74) is 4.10. The Morgan fingerprint density at radius 1 is 0.562 bits per heavy atom. The van der Waals surface area contributed by atoms with E-state index in [-0.39, 0.29) is 13.0 Å². The lowest BCUT2D eigenvalue weighted by molar-refractivity contribution is -0.156. The number of hydrogen-bond donors (Lipinski definition) is 4.